The molecule has 0 unspecified atom stereocenters. The molecule has 6 heteroatoms. The summed E-state index contributed by atoms with van der Waals surface area (Å²) in [4.78, 5) is 9.93. The molecule has 17 rings (SSSR count). The van der Waals surface area contributed by atoms with Gasteiger partial charge in [0.15, 0.2) is 0 Å². The van der Waals surface area contributed by atoms with Crippen LogP contribution in [0.3, 0.4) is 0 Å². The van der Waals surface area contributed by atoms with E-state index in [1.165, 1.54) is 84.6 Å². The highest BCUT2D eigenvalue weighted by Crippen LogP contribution is 2.61. The van der Waals surface area contributed by atoms with Crippen molar-refractivity contribution in [3.63, 3.8) is 0 Å². The number of benzene rings is 13. The van der Waals surface area contributed by atoms with Gasteiger partial charge in [0.1, 0.15) is 22.3 Å². The van der Waals surface area contributed by atoms with Gasteiger partial charge in [0, 0.05) is 85.6 Å². The third-order valence-electron chi connectivity index (χ3n) is 17.2. The van der Waals surface area contributed by atoms with Crippen LogP contribution in [0.1, 0.15) is 52.7 Å². The normalized spacial score (nSPS) is 13.7. The molecule has 0 saturated carbocycles. The number of nitrogens with zero attached hydrogens (tertiary/aromatic N) is 2. The van der Waals surface area contributed by atoms with Gasteiger partial charge >= 0.3 is 0 Å². The number of furan rings is 2. The summed E-state index contributed by atoms with van der Waals surface area (Å²) in [6.07, 6.45) is 0. The third-order valence-corrected chi connectivity index (χ3v) is 19.5. The van der Waals surface area contributed by atoms with E-state index in [4.69, 9.17) is 8.83 Å². The molecule has 2 aromatic heterocycles. The first-order valence-corrected chi connectivity index (χ1v) is 29.4. The Kier molecular flexibility index (Phi) is 9.51. The maximum absolute atomic E-state index is 7.21. The number of rotatable bonds is 2. The average Bonchev–Trinajstić information content (AvgIpc) is 4.13. The van der Waals surface area contributed by atoms with E-state index in [0.29, 0.717) is 0 Å². The van der Waals surface area contributed by atoms with E-state index < -0.39 is 0 Å². The van der Waals surface area contributed by atoms with E-state index in [2.05, 4.69) is 258 Å². The quantitative estimate of drug-likeness (QED) is 0.127. The van der Waals surface area contributed by atoms with Crippen molar-refractivity contribution in [3.05, 3.63) is 217 Å². The van der Waals surface area contributed by atoms with Crippen LogP contribution in [0, 0.1) is 0 Å². The van der Waals surface area contributed by atoms with Gasteiger partial charge in [0.2, 0.25) is 0 Å². The Morgan fingerprint density at radius 3 is 1.04 bits per heavy atom. The lowest BCUT2D eigenvalue weighted by molar-refractivity contribution is 0.590. The Hall–Kier alpha value is -8.68. The first-order chi connectivity index (χ1) is 38.9. The van der Waals surface area contributed by atoms with Gasteiger partial charge in [-0.2, -0.15) is 0 Å². The predicted octanol–water partition coefficient (Wildman–Crippen LogP) is 22.9. The smallest absolute Gasteiger partial charge is 0.143 e. The zero-order valence-corrected chi connectivity index (χ0v) is 46.8. The number of para-hydroxylation sites is 2. The van der Waals surface area contributed by atoms with Gasteiger partial charge < -0.3 is 18.6 Å². The van der Waals surface area contributed by atoms with Gasteiger partial charge in [-0.05, 0) is 103 Å². The lowest BCUT2D eigenvalue weighted by Crippen LogP contribution is -2.19. The maximum atomic E-state index is 7.21. The summed E-state index contributed by atoms with van der Waals surface area (Å²) in [6.45, 7) is 14.0. The largest absolute Gasteiger partial charge is 0.455 e. The van der Waals surface area contributed by atoms with Gasteiger partial charge in [-0.15, -0.1) is 0 Å². The highest BCUT2D eigenvalue weighted by molar-refractivity contribution is 8.00. The second kappa shape index (κ2) is 16.5. The van der Waals surface area contributed by atoms with Crippen LogP contribution in [0.5, 0.6) is 0 Å². The van der Waals surface area contributed by atoms with Crippen molar-refractivity contribution in [2.24, 2.45) is 0 Å². The van der Waals surface area contributed by atoms with Crippen LogP contribution in [0.4, 0.5) is 34.1 Å². The molecule has 0 aliphatic carbocycles. The second-order valence-electron chi connectivity index (χ2n) is 24.0. The topological polar surface area (TPSA) is 32.8 Å². The summed E-state index contributed by atoms with van der Waals surface area (Å²) >= 11 is 3.70. The molecule has 0 saturated heterocycles. The SMILES string of the molecule is CC(C)(C)c1ccc2c(N3c4ccccc4Sc4cc5c(cc43)oc3c4ccccc4c4ccccc4c53)c3cc(C(C)(C)C)ccc3c(N3c4ccccc4Sc4cc5c(cc43)oc3c4ccccc4c4ccccc4c53)c2c1. The highest BCUT2D eigenvalue weighted by atomic mass is 32.2. The minimum atomic E-state index is -0.140. The van der Waals surface area contributed by atoms with Crippen molar-refractivity contribution >= 4 is 166 Å². The van der Waals surface area contributed by atoms with Crippen LogP contribution in [0.25, 0.3) is 109 Å². The molecule has 80 heavy (non-hydrogen) atoms. The summed E-state index contributed by atoms with van der Waals surface area (Å²) in [5, 5.41) is 18.8. The lowest BCUT2D eigenvalue weighted by atomic mass is 9.82. The van der Waals surface area contributed by atoms with Gasteiger partial charge in [0.05, 0.1) is 34.1 Å². The summed E-state index contributed by atoms with van der Waals surface area (Å²) in [7, 11) is 0. The molecule has 13 aromatic carbocycles. The fourth-order valence-corrected chi connectivity index (χ4v) is 15.5. The monoisotopic (exact) mass is 1060 g/mol. The molecular weight excluding hydrogens is 1010 g/mol. The van der Waals surface area contributed by atoms with Gasteiger partial charge in [-0.3, -0.25) is 0 Å². The minimum Gasteiger partial charge on any atom is -0.455 e. The fourth-order valence-electron chi connectivity index (χ4n) is 13.4. The fraction of sp³-hybridized carbons (Fsp3) is 0.108. The molecule has 0 radical (unpaired) electrons. The Bertz CT molecular complexity index is 4920. The van der Waals surface area contributed by atoms with Gasteiger partial charge in [0.25, 0.3) is 0 Å². The summed E-state index contributed by atoms with van der Waals surface area (Å²) < 4.78 is 14.4. The Morgan fingerprint density at radius 2 is 0.637 bits per heavy atom. The number of anilines is 6. The van der Waals surface area contributed by atoms with Crippen LogP contribution >= 0.6 is 23.5 Å². The first kappa shape index (κ1) is 46.3. The van der Waals surface area contributed by atoms with Crippen molar-refractivity contribution in [3.8, 4) is 0 Å². The van der Waals surface area contributed by atoms with Crippen LogP contribution in [0.15, 0.2) is 235 Å². The van der Waals surface area contributed by atoms with Crippen LogP contribution in [-0.4, -0.2) is 0 Å². The summed E-state index contributed by atoms with van der Waals surface area (Å²) in [5.41, 5.74) is 12.7. The molecule has 2 aliphatic rings. The molecule has 2 aliphatic heterocycles. The first-order valence-electron chi connectivity index (χ1n) is 27.7. The number of fused-ring (bicyclic) bond motifs is 22. The predicted molar refractivity (Wildman–Crippen MR) is 341 cm³/mol. The van der Waals surface area contributed by atoms with E-state index in [0.717, 1.165) is 88.8 Å². The molecule has 4 heterocycles. The molecule has 0 amide bonds. The van der Waals surface area contributed by atoms with E-state index in [1.54, 1.807) is 0 Å². The molecule has 0 spiro atoms. The Morgan fingerprint density at radius 1 is 0.287 bits per heavy atom. The van der Waals surface area contributed by atoms with Crippen molar-refractivity contribution in [1.82, 2.24) is 0 Å². The molecule has 382 valence electrons. The van der Waals surface area contributed by atoms with Crippen molar-refractivity contribution in [2.75, 3.05) is 9.80 Å². The zero-order chi connectivity index (χ0) is 53.5. The van der Waals surface area contributed by atoms with Crippen LogP contribution in [0.2, 0.25) is 0 Å². The number of hydrogen-bond acceptors (Lipinski definition) is 6. The van der Waals surface area contributed by atoms with Crippen molar-refractivity contribution in [1.29, 1.82) is 0 Å². The molecule has 0 bridgehead atoms. The molecule has 15 aromatic rings. The Labute approximate surface area is 471 Å². The highest BCUT2D eigenvalue weighted by Gasteiger charge is 2.35. The van der Waals surface area contributed by atoms with Crippen molar-refractivity contribution in [2.45, 2.75) is 72.0 Å². The molecule has 0 N–H and O–H groups in total. The molecule has 4 nitrogen and oxygen atoms in total. The molecular formula is C74H52N2O2S2. The molecule has 0 fully saturated rings. The van der Waals surface area contributed by atoms with Gasteiger partial charge in [-0.1, -0.05) is 211 Å². The van der Waals surface area contributed by atoms with Crippen molar-refractivity contribution < 1.29 is 8.83 Å². The van der Waals surface area contributed by atoms with E-state index in [1.807, 2.05) is 23.5 Å². The van der Waals surface area contributed by atoms with Gasteiger partial charge in [-0.25, -0.2) is 0 Å². The van der Waals surface area contributed by atoms with Crippen LogP contribution < -0.4 is 9.80 Å². The van der Waals surface area contributed by atoms with E-state index >= 15 is 0 Å². The van der Waals surface area contributed by atoms with Crippen LogP contribution in [-0.2, 0) is 10.8 Å². The zero-order valence-electron chi connectivity index (χ0n) is 45.2. The standard InChI is InChI=1S/C74H52N2O2S2/c1-73(2,3)41-31-33-49-53(35-41)69(75-57-27-15-17-29-63(57)79-65-37-55-61(39-59(65)75)77-71-51-25-13-9-21-45(51)43-19-7-11-23-47(43)67(55)71)50-34-32-42(74(4,5)6)36-54(50)70(49)76-58-28-16-18-30-64(58)80-66-38-56-62(40-60(66)76)78-72-52-26-14-10-22-46(52)44-20-8-12-24-48(44)68(56)72/h7-40H,1-6H3. The third kappa shape index (κ3) is 6.49. The average molecular weight is 1070 g/mol. The van der Waals surface area contributed by atoms with E-state index in [9.17, 15) is 0 Å². The second-order valence-corrected chi connectivity index (χ2v) is 26.1. The summed E-state index contributed by atoms with van der Waals surface area (Å²) in [5.74, 6) is 0. The molecule has 0 atom stereocenters. The maximum Gasteiger partial charge on any atom is 0.143 e. The minimum absolute atomic E-state index is 0.140. The number of hydrogen-bond donors (Lipinski definition) is 0. The summed E-state index contributed by atoms with van der Waals surface area (Å²) in [6, 6.07) is 77.0. The lowest BCUT2D eigenvalue weighted by Gasteiger charge is -2.38. The Balaban J connectivity index is 0.995. The van der Waals surface area contributed by atoms with E-state index in [-0.39, 0.29) is 10.8 Å².